The molecule has 7 heteroatoms. The quantitative estimate of drug-likeness (QED) is 0.903. The van der Waals surface area contributed by atoms with Crippen molar-refractivity contribution in [1.82, 2.24) is 9.29 Å². The SMILES string of the molecule is CC(N)C1CCCCN1S(=O)(=O)c1ncccc1F. The molecule has 0 bridgehead atoms. The molecule has 19 heavy (non-hydrogen) atoms. The molecule has 2 rings (SSSR count). The van der Waals surface area contributed by atoms with Gasteiger partial charge in [-0.15, -0.1) is 0 Å². The molecule has 0 aromatic carbocycles. The van der Waals surface area contributed by atoms with Crippen LogP contribution in [0.3, 0.4) is 0 Å². The number of rotatable bonds is 3. The molecule has 0 radical (unpaired) electrons. The van der Waals surface area contributed by atoms with E-state index in [2.05, 4.69) is 4.98 Å². The number of halogens is 1. The van der Waals surface area contributed by atoms with E-state index >= 15 is 0 Å². The lowest BCUT2D eigenvalue weighted by Gasteiger charge is -2.36. The molecule has 106 valence electrons. The van der Waals surface area contributed by atoms with Gasteiger partial charge < -0.3 is 5.73 Å². The van der Waals surface area contributed by atoms with Crippen LogP contribution in [0.4, 0.5) is 4.39 Å². The van der Waals surface area contributed by atoms with Crippen molar-refractivity contribution in [1.29, 1.82) is 0 Å². The lowest BCUT2D eigenvalue weighted by molar-refractivity contribution is 0.226. The van der Waals surface area contributed by atoms with Crippen molar-refractivity contribution in [2.45, 2.75) is 43.3 Å². The van der Waals surface area contributed by atoms with Crippen LogP contribution in [0.5, 0.6) is 0 Å². The van der Waals surface area contributed by atoms with Crippen molar-refractivity contribution in [2.24, 2.45) is 5.73 Å². The molecule has 1 aromatic heterocycles. The van der Waals surface area contributed by atoms with Crippen LogP contribution in [0.15, 0.2) is 23.4 Å². The topological polar surface area (TPSA) is 76.3 Å². The van der Waals surface area contributed by atoms with Crippen molar-refractivity contribution in [3.8, 4) is 0 Å². The van der Waals surface area contributed by atoms with E-state index in [1.54, 1.807) is 6.92 Å². The van der Waals surface area contributed by atoms with Gasteiger partial charge >= 0.3 is 0 Å². The smallest absolute Gasteiger partial charge is 0.263 e. The summed E-state index contributed by atoms with van der Waals surface area (Å²) in [6.07, 6.45) is 3.67. The number of hydrogen-bond donors (Lipinski definition) is 1. The van der Waals surface area contributed by atoms with Gasteiger partial charge in [0.2, 0.25) is 5.03 Å². The largest absolute Gasteiger partial charge is 0.326 e. The van der Waals surface area contributed by atoms with Gasteiger partial charge in [0, 0.05) is 24.8 Å². The van der Waals surface area contributed by atoms with Gasteiger partial charge in [-0.25, -0.2) is 17.8 Å². The van der Waals surface area contributed by atoms with Gasteiger partial charge in [0.1, 0.15) is 0 Å². The van der Waals surface area contributed by atoms with Gasteiger partial charge in [-0.05, 0) is 31.9 Å². The fourth-order valence-corrected chi connectivity index (χ4v) is 4.18. The summed E-state index contributed by atoms with van der Waals surface area (Å²) in [7, 11) is -3.92. The van der Waals surface area contributed by atoms with Crippen molar-refractivity contribution in [3.63, 3.8) is 0 Å². The van der Waals surface area contributed by atoms with E-state index in [0.717, 1.165) is 18.9 Å². The van der Waals surface area contributed by atoms with E-state index in [0.29, 0.717) is 13.0 Å². The molecular weight excluding hydrogens is 269 g/mol. The molecule has 5 nitrogen and oxygen atoms in total. The van der Waals surface area contributed by atoms with Crippen LogP contribution < -0.4 is 5.73 Å². The zero-order valence-electron chi connectivity index (χ0n) is 10.8. The Balaban J connectivity index is 2.40. The van der Waals surface area contributed by atoms with E-state index in [4.69, 9.17) is 5.73 Å². The monoisotopic (exact) mass is 287 g/mol. The number of pyridine rings is 1. The maximum atomic E-state index is 13.7. The first-order valence-corrected chi connectivity index (χ1v) is 7.76. The fraction of sp³-hybridized carbons (Fsp3) is 0.583. The van der Waals surface area contributed by atoms with Gasteiger partial charge in [0.15, 0.2) is 5.82 Å². The molecular formula is C12H18FN3O2S. The predicted octanol–water partition coefficient (Wildman–Crippen LogP) is 1.11. The average molecular weight is 287 g/mol. The van der Waals surface area contributed by atoms with E-state index < -0.39 is 20.9 Å². The fourth-order valence-electron chi connectivity index (χ4n) is 2.43. The number of nitrogens with two attached hydrogens (primary N) is 1. The Morgan fingerprint density at radius 2 is 2.26 bits per heavy atom. The molecule has 1 aliphatic rings. The van der Waals surface area contributed by atoms with E-state index in [9.17, 15) is 12.8 Å². The predicted molar refractivity (Wildman–Crippen MR) is 69.4 cm³/mol. The Hall–Kier alpha value is -1.05. The first-order valence-electron chi connectivity index (χ1n) is 6.32. The normalized spacial score (nSPS) is 23.2. The van der Waals surface area contributed by atoms with E-state index in [1.807, 2.05) is 0 Å². The van der Waals surface area contributed by atoms with E-state index in [1.165, 1.54) is 16.6 Å². The Morgan fingerprint density at radius 3 is 2.89 bits per heavy atom. The van der Waals surface area contributed by atoms with Crippen molar-refractivity contribution in [2.75, 3.05) is 6.54 Å². The summed E-state index contributed by atoms with van der Waals surface area (Å²) in [6, 6.07) is 1.89. The number of hydrogen-bond acceptors (Lipinski definition) is 4. The maximum Gasteiger partial charge on any atom is 0.263 e. The first-order chi connectivity index (χ1) is 8.94. The number of nitrogens with zero attached hydrogens (tertiary/aromatic N) is 2. The lowest BCUT2D eigenvalue weighted by atomic mass is 10.00. The average Bonchev–Trinajstić information content (AvgIpc) is 2.39. The number of sulfonamides is 1. The minimum atomic E-state index is -3.92. The summed E-state index contributed by atoms with van der Waals surface area (Å²) in [6.45, 7) is 2.14. The Morgan fingerprint density at radius 1 is 1.53 bits per heavy atom. The molecule has 2 N–H and O–H groups in total. The molecule has 2 heterocycles. The minimum Gasteiger partial charge on any atom is -0.326 e. The third-order valence-electron chi connectivity index (χ3n) is 3.38. The van der Waals surface area contributed by atoms with Crippen molar-refractivity contribution >= 4 is 10.0 Å². The third-order valence-corrected chi connectivity index (χ3v) is 5.24. The highest BCUT2D eigenvalue weighted by Gasteiger charge is 2.37. The van der Waals surface area contributed by atoms with Crippen LogP contribution in [0.1, 0.15) is 26.2 Å². The summed E-state index contributed by atoms with van der Waals surface area (Å²) >= 11 is 0. The Bertz CT molecular complexity index is 548. The third kappa shape index (κ3) is 2.77. The zero-order valence-corrected chi connectivity index (χ0v) is 11.6. The summed E-state index contributed by atoms with van der Waals surface area (Å²) in [5.74, 6) is -0.823. The second kappa shape index (κ2) is 5.52. The summed E-state index contributed by atoms with van der Waals surface area (Å²) < 4.78 is 39.9. The molecule has 0 spiro atoms. The molecule has 0 aliphatic carbocycles. The van der Waals surface area contributed by atoms with Gasteiger partial charge in [0.25, 0.3) is 10.0 Å². The molecule has 1 aliphatic heterocycles. The van der Waals surface area contributed by atoms with Crippen molar-refractivity contribution < 1.29 is 12.8 Å². The van der Waals surface area contributed by atoms with E-state index in [-0.39, 0.29) is 12.1 Å². The van der Waals surface area contributed by atoms with Crippen LogP contribution in [-0.2, 0) is 10.0 Å². The van der Waals surface area contributed by atoms with Crippen LogP contribution in [0.25, 0.3) is 0 Å². The molecule has 1 fully saturated rings. The second-order valence-corrected chi connectivity index (χ2v) is 6.63. The van der Waals surface area contributed by atoms with Gasteiger partial charge in [-0.3, -0.25) is 0 Å². The zero-order chi connectivity index (χ0) is 14.0. The Kier molecular flexibility index (Phi) is 4.17. The molecule has 1 aromatic rings. The minimum absolute atomic E-state index is 0.290. The number of aromatic nitrogens is 1. The summed E-state index contributed by atoms with van der Waals surface area (Å²) in [4.78, 5) is 3.67. The molecule has 2 unspecified atom stereocenters. The standard InChI is InChI=1S/C12H18FN3O2S/c1-9(14)11-6-2-3-8-16(11)19(17,18)12-10(13)5-4-7-15-12/h4-5,7,9,11H,2-3,6,8,14H2,1H3. The van der Waals surface area contributed by atoms with Crippen LogP contribution in [0, 0.1) is 5.82 Å². The highest BCUT2D eigenvalue weighted by molar-refractivity contribution is 7.89. The van der Waals surface area contributed by atoms with Crippen LogP contribution >= 0.6 is 0 Å². The number of piperidine rings is 1. The maximum absolute atomic E-state index is 13.7. The summed E-state index contributed by atoms with van der Waals surface area (Å²) in [5.41, 5.74) is 5.85. The van der Waals surface area contributed by atoms with Crippen LogP contribution in [-0.4, -0.2) is 36.3 Å². The molecule has 2 atom stereocenters. The summed E-state index contributed by atoms with van der Waals surface area (Å²) in [5, 5.41) is -0.512. The molecule has 0 amide bonds. The molecule has 0 saturated carbocycles. The highest BCUT2D eigenvalue weighted by Crippen LogP contribution is 2.26. The lowest BCUT2D eigenvalue weighted by Crippen LogP contribution is -2.51. The van der Waals surface area contributed by atoms with Crippen molar-refractivity contribution in [3.05, 3.63) is 24.1 Å². The highest BCUT2D eigenvalue weighted by atomic mass is 32.2. The van der Waals surface area contributed by atoms with Gasteiger partial charge in [-0.2, -0.15) is 4.31 Å². The van der Waals surface area contributed by atoms with Gasteiger partial charge in [-0.1, -0.05) is 6.42 Å². The Labute approximate surface area is 112 Å². The van der Waals surface area contributed by atoms with Gasteiger partial charge in [0.05, 0.1) is 0 Å². The molecule has 1 saturated heterocycles. The van der Waals surface area contributed by atoms with Crippen LogP contribution in [0.2, 0.25) is 0 Å². The second-order valence-electron chi connectivity index (χ2n) is 4.83. The first kappa shape index (κ1) is 14.4.